The van der Waals surface area contributed by atoms with Crippen LogP contribution in [0.5, 0.6) is 0 Å². The van der Waals surface area contributed by atoms with E-state index in [1.807, 2.05) is 0 Å². The molecule has 1 aliphatic rings. The molecule has 2 aromatic rings. The Bertz CT molecular complexity index is 903. The van der Waals surface area contributed by atoms with Crippen molar-refractivity contribution in [1.82, 2.24) is 0 Å². The number of hydrogen-bond acceptors (Lipinski definition) is 2. The lowest BCUT2D eigenvalue weighted by Gasteiger charge is -2.26. The van der Waals surface area contributed by atoms with Gasteiger partial charge in [0.25, 0.3) is 10.0 Å². The standard InChI is InChI=1S/C17H15F2NO2S/c1-11-4-7-14(8-5-11)23(21,22)20-16-9-6-12(2)10-15(16)13(3)17(20,18)19/h4-10H,3H2,1-2H3. The van der Waals surface area contributed by atoms with Gasteiger partial charge in [0, 0.05) is 11.1 Å². The van der Waals surface area contributed by atoms with E-state index in [9.17, 15) is 17.2 Å². The maximum Gasteiger partial charge on any atom is 0.365 e. The molecule has 2 aromatic carbocycles. The minimum atomic E-state index is -4.40. The molecule has 0 N–H and O–H groups in total. The van der Waals surface area contributed by atoms with Crippen molar-refractivity contribution in [3.05, 3.63) is 65.7 Å². The molecule has 1 heterocycles. The second kappa shape index (κ2) is 4.89. The third-order valence-corrected chi connectivity index (χ3v) is 5.65. The van der Waals surface area contributed by atoms with Gasteiger partial charge < -0.3 is 0 Å². The van der Waals surface area contributed by atoms with Gasteiger partial charge in [0.05, 0.1) is 10.6 Å². The van der Waals surface area contributed by atoms with Gasteiger partial charge in [-0.25, -0.2) is 8.42 Å². The summed E-state index contributed by atoms with van der Waals surface area (Å²) in [5.41, 5.74) is 1.21. The van der Waals surface area contributed by atoms with Crippen molar-refractivity contribution in [1.29, 1.82) is 0 Å². The van der Waals surface area contributed by atoms with Gasteiger partial charge in [-0.15, -0.1) is 0 Å². The van der Waals surface area contributed by atoms with Crippen LogP contribution in [0.15, 0.2) is 53.9 Å². The lowest BCUT2D eigenvalue weighted by atomic mass is 10.1. The normalized spacial score (nSPS) is 16.5. The highest BCUT2D eigenvalue weighted by Crippen LogP contribution is 2.51. The minimum Gasteiger partial charge on any atom is -0.201 e. The molecule has 0 atom stereocenters. The van der Waals surface area contributed by atoms with Crippen LogP contribution in [-0.2, 0) is 10.0 Å². The quantitative estimate of drug-likeness (QED) is 0.774. The van der Waals surface area contributed by atoms with Crippen LogP contribution in [0, 0.1) is 13.8 Å². The SMILES string of the molecule is C=C1c2cc(C)ccc2N(S(=O)(=O)c2ccc(C)cc2)C1(F)F. The first-order valence-electron chi connectivity index (χ1n) is 6.96. The maximum atomic E-state index is 14.6. The molecular weight excluding hydrogens is 320 g/mol. The molecule has 0 bridgehead atoms. The molecule has 3 nitrogen and oxygen atoms in total. The number of anilines is 1. The highest BCUT2D eigenvalue weighted by Gasteiger charge is 2.54. The number of rotatable bonds is 2. The summed E-state index contributed by atoms with van der Waals surface area (Å²) in [5.74, 6) is 0. The first-order valence-corrected chi connectivity index (χ1v) is 8.40. The number of sulfonamides is 1. The van der Waals surface area contributed by atoms with Crippen molar-refractivity contribution in [2.24, 2.45) is 0 Å². The van der Waals surface area contributed by atoms with E-state index >= 15 is 0 Å². The van der Waals surface area contributed by atoms with Crippen LogP contribution >= 0.6 is 0 Å². The molecule has 0 unspecified atom stereocenters. The number of hydrogen-bond donors (Lipinski definition) is 0. The van der Waals surface area contributed by atoms with Gasteiger partial charge in [-0.2, -0.15) is 13.1 Å². The van der Waals surface area contributed by atoms with E-state index < -0.39 is 21.6 Å². The van der Waals surface area contributed by atoms with Crippen LogP contribution in [0.3, 0.4) is 0 Å². The number of aryl methyl sites for hydroxylation is 2. The Hall–Kier alpha value is -2.21. The Morgan fingerprint density at radius 1 is 1.00 bits per heavy atom. The van der Waals surface area contributed by atoms with E-state index in [2.05, 4.69) is 6.58 Å². The van der Waals surface area contributed by atoms with Crippen LogP contribution in [0.4, 0.5) is 14.5 Å². The zero-order chi connectivity index (χ0) is 17.0. The van der Waals surface area contributed by atoms with Gasteiger partial charge in [-0.1, -0.05) is 35.9 Å². The third kappa shape index (κ3) is 2.25. The monoisotopic (exact) mass is 335 g/mol. The second-order valence-electron chi connectivity index (χ2n) is 5.62. The Labute approximate surface area is 133 Å². The predicted molar refractivity (Wildman–Crippen MR) is 86.0 cm³/mol. The topological polar surface area (TPSA) is 37.4 Å². The molecule has 0 amide bonds. The summed E-state index contributed by atoms with van der Waals surface area (Å²) in [6.07, 6.45) is 0. The van der Waals surface area contributed by atoms with Crippen molar-refractivity contribution in [3.8, 4) is 0 Å². The largest absolute Gasteiger partial charge is 0.365 e. The molecule has 0 spiro atoms. The molecule has 0 aliphatic carbocycles. The van der Waals surface area contributed by atoms with E-state index in [-0.39, 0.29) is 20.5 Å². The first kappa shape index (κ1) is 15.7. The summed E-state index contributed by atoms with van der Waals surface area (Å²) in [6.45, 7) is 6.95. The van der Waals surface area contributed by atoms with E-state index in [1.54, 1.807) is 32.0 Å². The van der Waals surface area contributed by atoms with Crippen molar-refractivity contribution >= 4 is 21.3 Å². The fourth-order valence-corrected chi connectivity index (χ4v) is 4.12. The highest BCUT2D eigenvalue weighted by molar-refractivity contribution is 7.93. The van der Waals surface area contributed by atoms with Gasteiger partial charge in [0.1, 0.15) is 0 Å². The first-order chi connectivity index (χ1) is 10.7. The van der Waals surface area contributed by atoms with E-state index in [1.165, 1.54) is 24.3 Å². The van der Waals surface area contributed by atoms with E-state index in [0.717, 1.165) is 11.1 Å². The maximum absolute atomic E-state index is 14.6. The Morgan fingerprint density at radius 3 is 2.17 bits per heavy atom. The molecule has 0 fully saturated rings. The fourth-order valence-electron chi connectivity index (χ4n) is 2.60. The predicted octanol–water partition coefficient (Wildman–Crippen LogP) is 4.12. The molecule has 120 valence electrons. The van der Waals surface area contributed by atoms with Gasteiger partial charge in [0.2, 0.25) is 0 Å². The average molecular weight is 335 g/mol. The summed E-state index contributed by atoms with van der Waals surface area (Å²) >= 11 is 0. The van der Waals surface area contributed by atoms with Crippen LogP contribution in [0.2, 0.25) is 0 Å². The van der Waals surface area contributed by atoms with E-state index in [0.29, 0.717) is 0 Å². The zero-order valence-electron chi connectivity index (χ0n) is 12.7. The van der Waals surface area contributed by atoms with Gasteiger partial charge >= 0.3 is 6.05 Å². The van der Waals surface area contributed by atoms with Crippen LogP contribution in [0.1, 0.15) is 16.7 Å². The summed E-state index contributed by atoms with van der Waals surface area (Å²) in [7, 11) is -4.40. The lowest BCUT2D eigenvalue weighted by Crippen LogP contribution is -2.42. The van der Waals surface area contributed by atoms with Crippen LogP contribution < -0.4 is 4.31 Å². The molecule has 1 aliphatic heterocycles. The van der Waals surface area contributed by atoms with Gasteiger partial charge in [-0.05, 0) is 38.1 Å². The number of benzene rings is 2. The molecule has 3 rings (SSSR count). The van der Waals surface area contributed by atoms with Crippen LogP contribution in [-0.4, -0.2) is 14.5 Å². The highest BCUT2D eigenvalue weighted by atomic mass is 32.2. The van der Waals surface area contributed by atoms with E-state index in [4.69, 9.17) is 0 Å². The van der Waals surface area contributed by atoms with Crippen molar-refractivity contribution < 1.29 is 17.2 Å². The summed E-state index contributed by atoms with van der Waals surface area (Å²) < 4.78 is 55.0. The molecule has 0 saturated heterocycles. The smallest absolute Gasteiger partial charge is 0.201 e. The Balaban J connectivity index is 2.23. The molecule has 0 saturated carbocycles. The number of nitrogens with zero attached hydrogens (tertiary/aromatic N) is 1. The molecular formula is C17H15F2NO2S. The fraction of sp³-hybridized carbons (Fsp3) is 0.176. The number of halogens is 2. The van der Waals surface area contributed by atoms with Crippen molar-refractivity contribution in [3.63, 3.8) is 0 Å². The summed E-state index contributed by atoms with van der Waals surface area (Å²) in [5, 5.41) is 0. The Morgan fingerprint density at radius 2 is 1.57 bits per heavy atom. The number of alkyl halides is 2. The number of fused-ring (bicyclic) bond motifs is 1. The van der Waals surface area contributed by atoms with Crippen molar-refractivity contribution in [2.75, 3.05) is 4.31 Å². The third-order valence-electron chi connectivity index (χ3n) is 3.87. The lowest BCUT2D eigenvalue weighted by molar-refractivity contribution is 0.0862. The second-order valence-corrected chi connectivity index (χ2v) is 7.41. The zero-order valence-corrected chi connectivity index (χ0v) is 13.5. The molecule has 6 heteroatoms. The van der Waals surface area contributed by atoms with Gasteiger partial charge in [-0.3, -0.25) is 0 Å². The summed E-state index contributed by atoms with van der Waals surface area (Å²) in [4.78, 5) is -0.177. The minimum absolute atomic E-state index is 0.0498. The van der Waals surface area contributed by atoms with Crippen molar-refractivity contribution in [2.45, 2.75) is 24.8 Å². The molecule has 23 heavy (non-hydrogen) atoms. The Kier molecular flexibility index (Phi) is 3.33. The van der Waals surface area contributed by atoms with Gasteiger partial charge in [0.15, 0.2) is 0 Å². The average Bonchev–Trinajstić information content (AvgIpc) is 2.67. The summed E-state index contributed by atoms with van der Waals surface area (Å²) in [6, 6.07) is 6.63. The molecule has 0 aromatic heterocycles. The van der Waals surface area contributed by atoms with Crippen LogP contribution in [0.25, 0.3) is 5.57 Å². The molecule has 0 radical (unpaired) electrons.